The largest absolute Gasteiger partial charge is 0.355 e. The standard InChI is InChI=1S/C14H20BrN3O2/c1-3-16-13(19)9-18(4-2)10-14(20)17-12-7-5-11(15)6-8-12/h5-8H,3-4,9-10H2,1-2H3,(H,16,19)(H,17,20). The van der Waals surface area contributed by atoms with Gasteiger partial charge in [-0.3, -0.25) is 14.5 Å². The summed E-state index contributed by atoms with van der Waals surface area (Å²) in [5.41, 5.74) is 0.743. The number of nitrogens with zero attached hydrogens (tertiary/aromatic N) is 1. The highest BCUT2D eigenvalue weighted by Crippen LogP contribution is 2.13. The summed E-state index contributed by atoms with van der Waals surface area (Å²) in [4.78, 5) is 25.2. The Hall–Kier alpha value is -1.40. The van der Waals surface area contributed by atoms with Crippen molar-refractivity contribution in [3.8, 4) is 0 Å². The zero-order chi connectivity index (χ0) is 15.0. The Labute approximate surface area is 127 Å². The molecule has 0 saturated heterocycles. The molecule has 0 bridgehead atoms. The van der Waals surface area contributed by atoms with E-state index >= 15 is 0 Å². The van der Waals surface area contributed by atoms with Crippen LogP contribution < -0.4 is 10.6 Å². The molecule has 0 saturated carbocycles. The van der Waals surface area contributed by atoms with E-state index in [-0.39, 0.29) is 24.9 Å². The van der Waals surface area contributed by atoms with Crippen LogP contribution in [-0.2, 0) is 9.59 Å². The van der Waals surface area contributed by atoms with E-state index < -0.39 is 0 Å². The number of benzene rings is 1. The van der Waals surface area contributed by atoms with Gasteiger partial charge in [-0.15, -0.1) is 0 Å². The molecule has 0 aliphatic rings. The average molecular weight is 342 g/mol. The Kier molecular flexibility index (Phi) is 7.25. The molecule has 0 spiro atoms. The van der Waals surface area contributed by atoms with Gasteiger partial charge in [0.25, 0.3) is 0 Å². The number of halogens is 1. The summed E-state index contributed by atoms with van der Waals surface area (Å²) in [7, 11) is 0. The van der Waals surface area contributed by atoms with Gasteiger partial charge in [0.1, 0.15) is 0 Å². The van der Waals surface area contributed by atoms with Crippen molar-refractivity contribution in [2.75, 3.05) is 31.5 Å². The molecule has 1 rings (SSSR count). The van der Waals surface area contributed by atoms with Gasteiger partial charge in [0.05, 0.1) is 13.1 Å². The number of carbonyl (C=O) groups excluding carboxylic acids is 2. The first-order chi connectivity index (χ1) is 9.55. The third-order valence-electron chi connectivity index (χ3n) is 2.68. The van der Waals surface area contributed by atoms with Crippen LogP contribution >= 0.6 is 15.9 Å². The number of hydrogen-bond donors (Lipinski definition) is 2. The van der Waals surface area contributed by atoms with Crippen LogP contribution in [0.15, 0.2) is 28.7 Å². The number of nitrogens with one attached hydrogen (secondary N) is 2. The predicted molar refractivity (Wildman–Crippen MR) is 83.6 cm³/mol. The van der Waals surface area contributed by atoms with Crippen molar-refractivity contribution >= 4 is 33.4 Å². The second-order valence-electron chi connectivity index (χ2n) is 4.31. The van der Waals surface area contributed by atoms with Crippen LogP contribution in [0.25, 0.3) is 0 Å². The average Bonchev–Trinajstić information content (AvgIpc) is 2.41. The number of amides is 2. The Balaban J connectivity index is 2.46. The Bertz CT molecular complexity index is 448. The van der Waals surface area contributed by atoms with E-state index in [1.807, 2.05) is 38.1 Å². The lowest BCUT2D eigenvalue weighted by atomic mass is 10.3. The highest BCUT2D eigenvalue weighted by atomic mass is 79.9. The maximum absolute atomic E-state index is 11.9. The van der Waals surface area contributed by atoms with Gasteiger partial charge in [-0.2, -0.15) is 0 Å². The fraction of sp³-hybridized carbons (Fsp3) is 0.429. The predicted octanol–water partition coefficient (Wildman–Crippen LogP) is 1.85. The van der Waals surface area contributed by atoms with E-state index in [1.165, 1.54) is 0 Å². The van der Waals surface area contributed by atoms with Gasteiger partial charge in [0, 0.05) is 16.7 Å². The molecular formula is C14H20BrN3O2. The van der Waals surface area contributed by atoms with E-state index in [4.69, 9.17) is 0 Å². The van der Waals surface area contributed by atoms with Crippen LogP contribution in [0.5, 0.6) is 0 Å². The minimum absolute atomic E-state index is 0.0641. The lowest BCUT2D eigenvalue weighted by Gasteiger charge is -2.19. The molecule has 0 fully saturated rings. The number of likely N-dealkylation sites (N-methyl/N-ethyl adjacent to an activating group) is 2. The quantitative estimate of drug-likeness (QED) is 0.795. The fourth-order valence-corrected chi connectivity index (χ4v) is 1.94. The maximum Gasteiger partial charge on any atom is 0.238 e. The van der Waals surface area contributed by atoms with E-state index in [2.05, 4.69) is 26.6 Å². The van der Waals surface area contributed by atoms with Gasteiger partial charge in [-0.1, -0.05) is 22.9 Å². The van der Waals surface area contributed by atoms with Crippen LogP contribution in [0.4, 0.5) is 5.69 Å². The summed E-state index contributed by atoms with van der Waals surface area (Å²) < 4.78 is 0.960. The van der Waals surface area contributed by atoms with Gasteiger partial charge in [-0.25, -0.2) is 0 Å². The molecular weight excluding hydrogens is 322 g/mol. The third-order valence-corrected chi connectivity index (χ3v) is 3.21. The zero-order valence-electron chi connectivity index (χ0n) is 11.8. The third kappa shape index (κ3) is 6.16. The Morgan fingerprint density at radius 2 is 1.70 bits per heavy atom. The Morgan fingerprint density at radius 1 is 1.10 bits per heavy atom. The maximum atomic E-state index is 11.9. The molecule has 2 amide bonds. The van der Waals surface area contributed by atoms with Crippen LogP contribution in [0.2, 0.25) is 0 Å². The van der Waals surface area contributed by atoms with E-state index in [1.54, 1.807) is 4.90 Å². The summed E-state index contributed by atoms with van der Waals surface area (Å²) in [6, 6.07) is 7.37. The van der Waals surface area contributed by atoms with Crippen molar-refractivity contribution in [3.63, 3.8) is 0 Å². The summed E-state index contributed by atoms with van der Waals surface area (Å²) >= 11 is 3.34. The van der Waals surface area contributed by atoms with Gasteiger partial charge in [0.2, 0.25) is 11.8 Å². The van der Waals surface area contributed by atoms with Gasteiger partial charge in [0.15, 0.2) is 0 Å². The summed E-state index contributed by atoms with van der Waals surface area (Å²) in [6.45, 7) is 5.47. The zero-order valence-corrected chi connectivity index (χ0v) is 13.4. The minimum atomic E-state index is -0.126. The number of carbonyl (C=O) groups is 2. The molecule has 1 aromatic carbocycles. The van der Waals surface area contributed by atoms with Crippen LogP contribution in [0.1, 0.15) is 13.8 Å². The van der Waals surface area contributed by atoms with Crippen LogP contribution in [0.3, 0.4) is 0 Å². The molecule has 0 aliphatic heterocycles. The van der Waals surface area contributed by atoms with Crippen molar-refractivity contribution in [2.24, 2.45) is 0 Å². The van der Waals surface area contributed by atoms with E-state index in [0.717, 1.165) is 10.2 Å². The second-order valence-corrected chi connectivity index (χ2v) is 5.23. The molecule has 0 aromatic heterocycles. The van der Waals surface area contributed by atoms with Gasteiger partial charge in [-0.05, 0) is 37.7 Å². The number of anilines is 1. The van der Waals surface area contributed by atoms with Crippen LogP contribution in [0, 0.1) is 0 Å². The normalized spacial score (nSPS) is 10.4. The molecule has 20 heavy (non-hydrogen) atoms. The van der Waals surface area contributed by atoms with E-state index in [0.29, 0.717) is 13.1 Å². The van der Waals surface area contributed by atoms with Gasteiger partial charge < -0.3 is 10.6 Å². The van der Waals surface area contributed by atoms with Crippen molar-refractivity contribution in [1.82, 2.24) is 10.2 Å². The Morgan fingerprint density at radius 3 is 2.25 bits per heavy atom. The van der Waals surface area contributed by atoms with Crippen molar-refractivity contribution in [2.45, 2.75) is 13.8 Å². The SMILES string of the molecule is CCNC(=O)CN(CC)CC(=O)Nc1ccc(Br)cc1. The summed E-state index contributed by atoms with van der Waals surface area (Å²) in [5, 5.41) is 5.53. The molecule has 5 nitrogen and oxygen atoms in total. The molecule has 6 heteroatoms. The second kappa shape index (κ2) is 8.71. The minimum Gasteiger partial charge on any atom is -0.355 e. The van der Waals surface area contributed by atoms with Crippen molar-refractivity contribution in [1.29, 1.82) is 0 Å². The molecule has 0 aliphatic carbocycles. The molecule has 0 radical (unpaired) electrons. The molecule has 1 aromatic rings. The van der Waals surface area contributed by atoms with Crippen LogP contribution in [-0.4, -0.2) is 42.9 Å². The number of hydrogen-bond acceptors (Lipinski definition) is 3. The monoisotopic (exact) mass is 341 g/mol. The first kappa shape index (κ1) is 16.7. The highest BCUT2D eigenvalue weighted by Gasteiger charge is 2.12. The first-order valence-corrected chi connectivity index (χ1v) is 7.39. The molecule has 0 atom stereocenters. The topological polar surface area (TPSA) is 61.4 Å². The number of rotatable bonds is 7. The smallest absolute Gasteiger partial charge is 0.238 e. The molecule has 0 unspecified atom stereocenters. The van der Waals surface area contributed by atoms with Gasteiger partial charge >= 0.3 is 0 Å². The lowest BCUT2D eigenvalue weighted by Crippen LogP contribution is -2.40. The first-order valence-electron chi connectivity index (χ1n) is 6.59. The fourth-order valence-electron chi connectivity index (χ4n) is 1.67. The summed E-state index contributed by atoms with van der Waals surface area (Å²) in [5.74, 6) is -0.190. The molecule has 2 N–H and O–H groups in total. The summed E-state index contributed by atoms with van der Waals surface area (Å²) in [6.07, 6.45) is 0. The highest BCUT2D eigenvalue weighted by molar-refractivity contribution is 9.10. The molecule has 0 heterocycles. The van der Waals surface area contributed by atoms with Crippen molar-refractivity contribution < 1.29 is 9.59 Å². The van der Waals surface area contributed by atoms with E-state index in [9.17, 15) is 9.59 Å². The lowest BCUT2D eigenvalue weighted by molar-refractivity contribution is -0.123. The van der Waals surface area contributed by atoms with Crippen molar-refractivity contribution in [3.05, 3.63) is 28.7 Å². The molecule has 110 valence electrons.